The molecular weight excluding hydrogens is 198 g/mol. The highest BCUT2D eigenvalue weighted by Gasteiger charge is 2.65. The standard InChI is InChI=1S/C8H9ClF2N2/c1-13-6-5(7(9)12)3-2-4(3)8(6,10)11/h3-4,12-13H,2H2,1H3. The van der Waals surface area contributed by atoms with Crippen LogP contribution < -0.4 is 5.32 Å². The van der Waals surface area contributed by atoms with E-state index in [1.807, 2.05) is 0 Å². The minimum Gasteiger partial charge on any atom is -0.386 e. The van der Waals surface area contributed by atoms with Gasteiger partial charge in [-0.2, -0.15) is 8.78 Å². The van der Waals surface area contributed by atoms with Crippen LogP contribution in [0.5, 0.6) is 0 Å². The fraction of sp³-hybridized carbons (Fsp3) is 0.625. The zero-order valence-electron chi connectivity index (χ0n) is 7.00. The van der Waals surface area contributed by atoms with Crippen LogP contribution in [0.3, 0.4) is 0 Å². The summed E-state index contributed by atoms with van der Waals surface area (Å²) >= 11 is 5.46. The predicted molar refractivity (Wildman–Crippen MR) is 46.2 cm³/mol. The summed E-state index contributed by atoms with van der Waals surface area (Å²) in [5, 5.41) is 9.39. The number of fused-ring (bicyclic) bond motifs is 1. The summed E-state index contributed by atoms with van der Waals surface area (Å²) in [5.41, 5.74) is 0.146. The minimum absolute atomic E-state index is 0.159. The summed E-state index contributed by atoms with van der Waals surface area (Å²) in [4.78, 5) is 0. The Morgan fingerprint density at radius 2 is 2.31 bits per heavy atom. The Bertz CT molecular complexity index is 311. The van der Waals surface area contributed by atoms with Crippen molar-refractivity contribution in [3.8, 4) is 0 Å². The molecular formula is C8H9ClF2N2. The molecule has 0 bridgehead atoms. The number of alkyl halides is 2. The first kappa shape index (κ1) is 8.94. The van der Waals surface area contributed by atoms with Gasteiger partial charge in [-0.3, -0.25) is 5.41 Å². The molecule has 0 aromatic rings. The van der Waals surface area contributed by atoms with Crippen LogP contribution in [-0.2, 0) is 0 Å². The normalized spacial score (nSPS) is 34.5. The van der Waals surface area contributed by atoms with Gasteiger partial charge in [0.2, 0.25) is 0 Å². The fourth-order valence-electron chi connectivity index (χ4n) is 2.04. The van der Waals surface area contributed by atoms with Crippen molar-refractivity contribution in [1.29, 1.82) is 5.41 Å². The Labute approximate surface area is 79.5 Å². The lowest BCUT2D eigenvalue weighted by molar-refractivity contribution is 0.0163. The average molecular weight is 207 g/mol. The summed E-state index contributed by atoms with van der Waals surface area (Å²) < 4.78 is 26.8. The predicted octanol–water partition coefficient (Wildman–Crippen LogP) is 1.96. The summed E-state index contributed by atoms with van der Waals surface area (Å²) in [5.74, 6) is -3.62. The van der Waals surface area contributed by atoms with E-state index in [9.17, 15) is 8.78 Å². The van der Waals surface area contributed by atoms with E-state index in [2.05, 4.69) is 5.32 Å². The molecule has 0 aromatic heterocycles. The highest BCUT2D eigenvalue weighted by Crippen LogP contribution is 2.62. The molecule has 2 N–H and O–H groups in total. The van der Waals surface area contributed by atoms with Gasteiger partial charge in [0.15, 0.2) is 0 Å². The second-order valence-electron chi connectivity index (χ2n) is 3.42. The lowest BCUT2D eigenvalue weighted by Crippen LogP contribution is -2.28. The fourth-order valence-corrected chi connectivity index (χ4v) is 2.27. The smallest absolute Gasteiger partial charge is 0.291 e. The summed E-state index contributed by atoms with van der Waals surface area (Å²) in [7, 11) is 1.44. The van der Waals surface area contributed by atoms with E-state index in [1.54, 1.807) is 0 Å². The molecule has 0 radical (unpaired) electrons. The molecule has 5 heteroatoms. The van der Waals surface area contributed by atoms with E-state index >= 15 is 0 Å². The van der Waals surface area contributed by atoms with Crippen LogP contribution in [0.1, 0.15) is 6.42 Å². The van der Waals surface area contributed by atoms with Crippen LogP contribution >= 0.6 is 11.6 Å². The number of halogens is 3. The van der Waals surface area contributed by atoms with Crippen molar-refractivity contribution in [2.75, 3.05) is 7.05 Å². The van der Waals surface area contributed by atoms with Gasteiger partial charge in [-0.15, -0.1) is 0 Å². The molecule has 2 nitrogen and oxygen atoms in total. The molecule has 0 saturated heterocycles. The van der Waals surface area contributed by atoms with Gasteiger partial charge in [-0.25, -0.2) is 0 Å². The number of hydrogen-bond donors (Lipinski definition) is 2. The summed E-state index contributed by atoms with van der Waals surface area (Å²) in [6.07, 6.45) is 0.461. The van der Waals surface area contributed by atoms with E-state index in [0.717, 1.165) is 0 Å². The monoisotopic (exact) mass is 206 g/mol. The first-order valence-corrected chi connectivity index (χ1v) is 4.42. The van der Waals surface area contributed by atoms with Crippen molar-refractivity contribution in [3.05, 3.63) is 11.3 Å². The number of allylic oxidation sites excluding steroid dienone is 2. The van der Waals surface area contributed by atoms with Crippen molar-refractivity contribution < 1.29 is 8.78 Å². The molecule has 2 aliphatic rings. The van der Waals surface area contributed by atoms with Crippen molar-refractivity contribution >= 4 is 16.8 Å². The Morgan fingerprint density at radius 3 is 2.69 bits per heavy atom. The molecule has 1 saturated carbocycles. The third-order valence-corrected chi connectivity index (χ3v) is 2.92. The lowest BCUT2D eigenvalue weighted by Gasteiger charge is -2.17. The quantitative estimate of drug-likeness (QED) is 0.666. The molecule has 0 amide bonds. The average Bonchev–Trinajstić information content (AvgIpc) is 2.73. The van der Waals surface area contributed by atoms with Crippen LogP contribution in [0.4, 0.5) is 8.78 Å². The van der Waals surface area contributed by atoms with Gasteiger partial charge in [0.1, 0.15) is 5.17 Å². The van der Waals surface area contributed by atoms with Crippen molar-refractivity contribution in [3.63, 3.8) is 0 Å². The molecule has 2 rings (SSSR count). The van der Waals surface area contributed by atoms with E-state index < -0.39 is 11.8 Å². The minimum atomic E-state index is -2.81. The van der Waals surface area contributed by atoms with E-state index in [4.69, 9.17) is 17.0 Å². The molecule has 1 fully saturated rings. The molecule has 0 heterocycles. The van der Waals surface area contributed by atoms with Gasteiger partial charge >= 0.3 is 0 Å². The zero-order chi connectivity index (χ0) is 9.80. The Balaban J connectivity index is 2.45. The molecule has 0 aromatic carbocycles. The molecule has 0 spiro atoms. The third kappa shape index (κ3) is 1.01. The van der Waals surface area contributed by atoms with Crippen LogP contribution in [0.15, 0.2) is 11.3 Å². The molecule has 2 aliphatic carbocycles. The largest absolute Gasteiger partial charge is 0.386 e. The molecule has 72 valence electrons. The molecule has 13 heavy (non-hydrogen) atoms. The first-order chi connectivity index (χ1) is 6.00. The van der Waals surface area contributed by atoms with Crippen LogP contribution in [0.25, 0.3) is 0 Å². The third-order valence-electron chi connectivity index (χ3n) is 2.72. The Hall–Kier alpha value is -0.640. The second-order valence-corrected chi connectivity index (χ2v) is 3.80. The topological polar surface area (TPSA) is 35.9 Å². The molecule has 2 atom stereocenters. The highest BCUT2D eigenvalue weighted by atomic mass is 35.5. The summed E-state index contributed by atoms with van der Waals surface area (Å²) in [6, 6.07) is 0. The van der Waals surface area contributed by atoms with Gasteiger partial charge < -0.3 is 5.32 Å². The van der Waals surface area contributed by atoms with Crippen LogP contribution in [0.2, 0.25) is 0 Å². The zero-order valence-corrected chi connectivity index (χ0v) is 7.75. The van der Waals surface area contributed by atoms with Crippen molar-refractivity contribution in [2.45, 2.75) is 12.3 Å². The SMILES string of the molecule is CNC1=C(C(=N)Cl)C2CC2C1(F)F. The van der Waals surface area contributed by atoms with Gasteiger partial charge in [-0.1, -0.05) is 11.6 Å². The Kier molecular flexibility index (Phi) is 1.68. The number of rotatable bonds is 2. The summed E-state index contributed by atoms with van der Waals surface area (Å²) in [6.45, 7) is 0. The Morgan fingerprint density at radius 1 is 1.69 bits per heavy atom. The number of hydrogen-bond acceptors (Lipinski definition) is 2. The van der Waals surface area contributed by atoms with E-state index in [-0.39, 0.29) is 16.8 Å². The van der Waals surface area contributed by atoms with Gasteiger partial charge in [0.05, 0.1) is 5.70 Å². The second kappa shape index (κ2) is 2.44. The van der Waals surface area contributed by atoms with Gasteiger partial charge in [-0.05, 0) is 12.3 Å². The lowest BCUT2D eigenvalue weighted by atomic mass is 10.1. The van der Waals surface area contributed by atoms with E-state index in [0.29, 0.717) is 12.0 Å². The van der Waals surface area contributed by atoms with Gasteiger partial charge in [0, 0.05) is 18.5 Å². The number of nitrogens with one attached hydrogen (secondary N) is 2. The highest BCUT2D eigenvalue weighted by molar-refractivity contribution is 6.69. The first-order valence-electron chi connectivity index (χ1n) is 4.04. The van der Waals surface area contributed by atoms with E-state index in [1.165, 1.54) is 7.05 Å². The molecule has 2 unspecified atom stereocenters. The van der Waals surface area contributed by atoms with Crippen LogP contribution in [0, 0.1) is 17.2 Å². The molecule has 0 aliphatic heterocycles. The van der Waals surface area contributed by atoms with Gasteiger partial charge in [0.25, 0.3) is 5.92 Å². The maximum absolute atomic E-state index is 13.4. The van der Waals surface area contributed by atoms with Crippen molar-refractivity contribution in [2.24, 2.45) is 11.8 Å². The maximum Gasteiger partial charge on any atom is 0.291 e. The van der Waals surface area contributed by atoms with Crippen LogP contribution in [-0.4, -0.2) is 18.1 Å². The van der Waals surface area contributed by atoms with Crippen molar-refractivity contribution in [1.82, 2.24) is 5.32 Å². The maximum atomic E-state index is 13.4.